The topological polar surface area (TPSA) is 79.5 Å². The van der Waals surface area contributed by atoms with E-state index in [-0.39, 0.29) is 0 Å². The molecule has 0 saturated carbocycles. The Morgan fingerprint density at radius 3 is 2.80 bits per heavy atom. The summed E-state index contributed by atoms with van der Waals surface area (Å²) in [6, 6.07) is 6.81. The van der Waals surface area contributed by atoms with E-state index in [1.54, 1.807) is 12.1 Å². The molecule has 7 heteroatoms. The van der Waals surface area contributed by atoms with Crippen molar-refractivity contribution in [3.8, 4) is 11.3 Å². The smallest absolute Gasteiger partial charge is 0.326 e. The van der Waals surface area contributed by atoms with Crippen LogP contribution in [0.15, 0.2) is 35.0 Å². The molecule has 25 heavy (non-hydrogen) atoms. The summed E-state index contributed by atoms with van der Waals surface area (Å²) in [6.07, 6.45) is 2.86. The van der Waals surface area contributed by atoms with Crippen molar-refractivity contribution < 1.29 is 14.3 Å². The number of benzene rings is 1. The molecule has 0 amide bonds. The zero-order valence-corrected chi connectivity index (χ0v) is 14.3. The maximum atomic E-state index is 11.5. The Balaban J connectivity index is 1.87. The average Bonchev–Trinajstić information content (AvgIpc) is 3.21. The molecule has 1 atom stereocenters. The fourth-order valence-electron chi connectivity index (χ4n) is 3.42. The molecule has 1 fully saturated rings. The lowest BCUT2D eigenvalue weighted by Gasteiger charge is -2.22. The van der Waals surface area contributed by atoms with Crippen LogP contribution in [0.4, 0.5) is 5.82 Å². The molecule has 0 unspecified atom stereocenters. The van der Waals surface area contributed by atoms with E-state index in [9.17, 15) is 9.90 Å². The quantitative estimate of drug-likeness (QED) is 0.765. The first-order chi connectivity index (χ1) is 12.1. The van der Waals surface area contributed by atoms with Crippen LogP contribution in [0.2, 0.25) is 5.02 Å². The summed E-state index contributed by atoms with van der Waals surface area (Å²) in [7, 11) is 0. The van der Waals surface area contributed by atoms with Gasteiger partial charge in [0.05, 0.1) is 5.39 Å². The highest BCUT2D eigenvalue weighted by molar-refractivity contribution is 6.30. The molecule has 0 aliphatic carbocycles. The van der Waals surface area contributed by atoms with Gasteiger partial charge in [-0.2, -0.15) is 0 Å². The van der Waals surface area contributed by atoms with E-state index >= 15 is 0 Å². The maximum Gasteiger partial charge on any atom is 0.326 e. The van der Waals surface area contributed by atoms with Gasteiger partial charge in [-0.15, -0.1) is 0 Å². The van der Waals surface area contributed by atoms with Crippen LogP contribution < -0.4 is 4.90 Å². The number of furan rings is 1. The Hall–Kier alpha value is -2.60. The number of aromatic nitrogens is 2. The molecular formula is C18H16ClN3O3. The van der Waals surface area contributed by atoms with Crippen LogP contribution in [0.3, 0.4) is 0 Å². The largest absolute Gasteiger partial charge is 0.480 e. The van der Waals surface area contributed by atoms with E-state index in [4.69, 9.17) is 16.0 Å². The van der Waals surface area contributed by atoms with Crippen molar-refractivity contribution in [2.75, 3.05) is 11.4 Å². The third kappa shape index (κ3) is 2.62. The van der Waals surface area contributed by atoms with Gasteiger partial charge in [-0.25, -0.2) is 14.8 Å². The van der Waals surface area contributed by atoms with Gasteiger partial charge in [0.15, 0.2) is 0 Å². The van der Waals surface area contributed by atoms with E-state index < -0.39 is 12.0 Å². The Morgan fingerprint density at radius 2 is 2.08 bits per heavy atom. The molecule has 0 radical (unpaired) electrons. The number of hydrogen-bond acceptors (Lipinski definition) is 5. The second kappa shape index (κ2) is 6.04. The van der Waals surface area contributed by atoms with Crippen LogP contribution in [0, 0.1) is 6.92 Å². The van der Waals surface area contributed by atoms with Crippen LogP contribution in [-0.2, 0) is 4.79 Å². The highest BCUT2D eigenvalue weighted by atomic mass is 35.5. The third-order valence-electron chi connectivity index (χ3n) is 4.62. The fourth-order valence-corrected chi connectivity index (χ4v) is 3.55. The molecule has 128 valence electrons. The van der Waals surface area contributed by atoms with Gasteiger partial charge in [0.1, 0.15) is 23.9 Å². The summed E-state index contributed by atoms with van der Waals surface area (Å²) < 4.78 is 5.95. The van der Waals surface area contributed by atoms with Gasteiger partial charge in [-0.05, 0) is 44.0 Å². The fraction of sp³-hybridized carbons (Fsp3) is 0.278. The molecule has 0 bridgehead atoms. The molecule has 4 rings (SSSR count). The average molecular weight is 358 g/mol. The van der Waals surface area contributed by atoms with Crippen molar-refractivity contribution in [1.29, 1.82) is 0 Å². The normalized spacial score (nSPS) is 17.4. The third-order valence-corrected chi connectivity index (χ3v) is 4.88. The number of rotatable bonds is 3. The number of aryl methyl sites for hydroxylation is 1. The van der Waals surface area contributed by atoms with Crippen molar-refractivity contribution >= 4 is 34.5 Å². The molecule has 3 heterocycles. The number of aliphatic carboxylic acids is 1. The first kappa shape index (κ1) is 15.9. The predicted molar refractivity (Wildman–Crippen MR) is 95.0 cm³/mol. The van der Waals surface area contributed by atoms with Crippen LogP contribution in [-0.4, -0.2) is 33.6 Å². The number of carbonyl (C=O) groups is 1. The second-order valence-corrected chi connectivity index (χ2v) is 6.57. The number of carboxylic acid groups (broad SMARTS) is 1. The molecule has 0 spiro atoms. The molecule has 1 saturated heterocycles. The van der Waals surface area contributed by atoms with Crippen LogP contribution in [0.25, 0.3) is 22.4 Å². The number of fused-ring (bicyclic) bond motifs is 1. The Bertz CT molecular complexity index is 952. The van der Waals surface area contributed by atoms with E-state index in [1.165, 1.54) is 6.33 Å². The van der Waals surface area contributed by atoms with Gasteiger partial charge >= 0.3 is 5.97 Å². The standard InChI is InChI=1S/C18H16ClN3O3/c1-10-14-16(22-8-2-3-13(22)18(23)24)20-9-21-17(14)25-15(10)11-4-6-12(19)7-5-11/h4-7,9,13H,2-3,8H2,1H3,(H,23,24)/t13-/m0/s1. The number of anilines is 1. The minimum absolute atomic E-state index is 0.462. The molecular weight excluding hydrogens is 342 g/mol. The SMILES string of the molecule is Cc1c(-c2ccc(Cl)cc2)oc2ncnc(N3CCC[C@H]3C(=O)O)c12. The van der Waals surface area contributed by atoms with Gasteiger partial charge in [0, 0.05) is 22.7 Å². The van der Waals surface area contributed by atoms with Crippen LogP contribution in [0.1, 0.15) is 18.4 Å². The molecule has 2 aromatic heterocycles. The van der Waals surface area contributed by atoms with Crippen molar-refractivity contribution in [2.45, 2.75) is 25.8 Å². The van der Waals surface area contributed by atoms with Crippen molar-refractivity contribution in [1.82, 2.24) is 9.97 Å². The maximum absolute atomic E-state index is 11.5. The van der Waals surface area contributed by atoms with Gasteiger partial charge in [0.2, 0.25) is 5.71 Å². The van der Waals surface area contributed by atoms with E-state index in [2.05, 4.69) is 9.97 Å². The molecule has 3 aromatic rings. The van der Waals surface area contributed by atoms with Gasteiger partial charge < -0.3 is 14.4 Å². The Kier molecular flexibility index (Phi) is 3.84. The van der Waals surface area contributed by atoms with Gasteiger partial charge in [-0.1, -0.05) is 11.6 Å². The summed E-state index contributed by atoms with van der Waals surface area (Å²) in [5, 5.41) is 10.9. The highest BCUT2D eigenvalue weighted by Gasteiger charge is 2.33. The Labute approximate surface area is 149 Å². The molecule has 1 aliphatic rings. The number of hydrogen-bond donors (Lipinski definition) is 1. The monoisotopic (exact) mass is 357 g/mol. The summed E-state index contributed by atoms with van der Waals surface area (Å²) >= 11 is 5.96. The predicted octanol–water partition coefficient (Wildman–Crippen LogP) is 3.91. The zero-order valence-electron chi connectivity index (χ0n) is 13.6. The minimum atomic E-state index is -0.830. The lowest BCUT2D eigenvalue weighted by molar-refractivity contribution is -0.138. The molecule has 1 aliphatic heterocycles. The van der Waals surface area contributed by atoms with E-state index in [1.807, 2.05) is 24.0 Å². The second-order valence-electron chi connectivity index (χ2n) is 6.13. The minimum Gasteiger partial charge on any atom is -0.480 e. The van der Waals surface area contributed by atoms with Crippen LogP contribution >= 0.6 is 11.6 Å². The molecule has 6 nitrogen and oxygen atoms in total. The van der Waals surface area contributed by atoms with Gasteiger partial charge in [-0.3, -0.25) is 0 Å². The van der Waals surface area contributed by atoms with Crippen molar-refractivity contribution in [3.63, 3.8) is 0 Å². The Morgan fingerprint density at radius 1 is 1.32 bits per heavy atom. The number of halogens is 1. The summed E-state index contributed by atoms with van der Waals surface area (Å²) in [6.45, 7) is 2.60. The lowest BCUT2D eigenvalue weighted by atomic mass is 10.1. The first-order valence-electron chi connectivity index (χ1n) is 8.05. The molecule has 1 aromatic carbocycles. The summed E-state index contributed by atoms with van der Waals surface area (Å²) in [5.41, 5.74) is 2.24. The highest BCUT2D eigenvalue weighted by Crippen LogP contribution is 2.38. The zero-order chi connectivity index (χ0) is 17.6. The lowest BCUT2D eigenvalue weighted by Crippen LogP contribution is -2.36. The summed E-state index contributed by atoms with van der Waals surface area (Å²) in [5.74, 6) is 0.485. The summed E-state index contributed by atoms with van der Waals surface area (Å²) in [4.78, 5) is 22.0. The van der Waals surface area contributed by atoms with E-state index in [0.29, 0.717) is 35.3 Å². The number of carboxylic acids is 1. The number of nitrogens with zero attached hydrogens (tertiary/aromatic N) is 3. The molecule has 1 N–H and O–H groups in total. The van der Waals surface area contributed by atoms with Crippen LogP contribution in [0.5, 0.6) is 0 Å². The van der Waals surface area contributed by atoms with Gasteiger partial charge in [0.25, 0.3) is 0 Å². The first-order valence-corrected chi connectivity index (χ1v) is 8.43. The van der Waals surface area contributed by atoms with Crippen molar-refractivity contribution in [3.05, 3.63) is 41.2 Å². The van der Waals surface area contributed by atoms with Crippen molar-refractivity contribution in [2.24, 2.45) is 0 Å². The van der Waals surface area contributed by atoms with E-state index in [0.717, 1.165) is 22.9 Å².